The second-order valence-electron chi connectivity index (χ2n) is 10.4. The third kappa shape index (κ3) is 9.72. The van der Waals surface area contributed by atoms with E-state index in [1.54, 1.807) is 48.5 Å². The molecule has 48 heavy (non-hydrogen) atoms. The zero-order valence-corrected chi connectivity index (χ0v) is 33.4. The molecule has 0 N–H and O–H groups in total. The van der Waals surface area contributed by atoms with Crippen LogP contribution in [-0.2, 0) is 0 Å². The first kappa shape index (κ1) is 37.5. The first-order valence-corrected chi connectivity index (χ1v) is 26.8. The minimum absolute atomic E-state index is 0.0439. The maximum absolute atomic E-state index is 12.0. The summed E-state index contributed by atoms with van der Waals surface area (Å²) in [5.41, 5.74) is -3.62. The Kier molecular flexibility index (Phi) is 12.2. The summed E-state index contributed by atoms with van der Waals surface area (Å²) in [5, 5.41) is 0. The van der Waals surface area contributed by atoms with E-state index in [2.05, 4.69) is 0 Å². The highest BCUT2D eigenvalue weighted by Crippen LogP contribution is 2.96. The Labute approximate surface area is 305 Å². The summed E-state index contributed by atoms with van der Waals surface area (Å²) in [6.07, 6.45) is 0. The van der Waals surface area contributed by atoms with Crippen LogP contribution >= 0.6 is 85.1 Å². The molecule has 0 saturated heterocycles. The molecule has 0 aromatic heterocycles. The molecule has 0 saturated carbocycles. The van der Waals surface area contributed by atoms with Crippen molar-refractivity contribution in [3.05, 3.63) is 119 Å². The van der Waals surface area contributed by atoms with Gasteiger partial charge in [-0.05, 0) is 144 Å². The van der Waals surface area contributed by atoms with E-state index in [0.717, 1.165) is 19.6 Å². The Bertz CT molecular complexity index is 1840. The number of Topliss-reactive ketones (excluding diaryl/α,β-unsaturated/α-hetero) is 4. The quantitative estimate of drug-likeness (QED) is 0.103. The molecule has 16 heteroatoms. The molecule has 0 spiro atoms. The third-order valence-corrected chi connectivity index (χ3v) is 30.6. The van der Waals surface area contributed by atoms with Crippen molar-refractivity contribution in [2.45, 2.75) is 47.3 Å². The van der Waals surface area contributed by atoms with E-state index in [1.165, 1.54) is 73.2 Å². The summed E-state index contributed by atoms with van der Waals surface area (Å²) in [6.45, 7) is 6.07. The fourth-order valence-electron chi connectivity index (χ4n) is 4.20. The van der Waals surface area contributed by atoms with Crippen LogP contribution in [0.2, 0.25) is 0 Å². The highest BCUT2D eigenvalue weighted by molar-refractivity contribution is 8.96. The minimum Gasteiger partial charge on any atom is -0.295 e. The molecular weight excluding hydrogens is 782 g/mol. The summed E-state index contributed by atoms with van der Waals surface area (Å²) in [4.78, 5) is 51.4. The molecule has 0 fully saturated rings. The van der Waals surface area contributed by atoms with Crippen molar-refractivity contribution < 1.29 is 19.2 Å². The van der Waals surface area contributed by atoms with Gasteiger partial charge in [0.05, 0.1) is 0 Å². The average molecular weight is 811 g/mol. The molecule has 1 aliphatic rings. The molecule has 1 aliphatic heterocycles. The van der Waals surface area contributed by atoms with Crippen LogP contribution in [0, 0.1) is 0 Å². The molecular formula is C32H28Cl2N3O4P3S4. The topological polar surface area (TPSA) is 105 Å². The summed E-state index contributed by atoms with van der Waals surface area (Å²) < 4.78 is 15.6. The van der Waals surface area contributed by atoms with Gasteiger partial charge in [-0.25, -0.2) is 4.52 Å². The second kappa shape index (κ2) is 15.6. The van der Waals surface area contributed by atoms with Crippen LogP contribution in [0.1, 0.15) is 69.1 Å². The minimum atomic E-state index is -3.33. The molecule has 4 aromatic carbocycles. The van der Waals surface area contributed by atoms with Crippen molar-refractivity contribution in [1.82, 2.24) is 0 Å². The number of ketones is 4. The Morgan fingerprint density at radius 2 is 0.646 bits per heavy atom. The molecule has 5 rings (SSSR count). The maximum Gasteiger partial charge on any atom is 0.256 e. The number of carbonyl (C=O) groups is 4. The predicted molar refractivity (Wildman–Crippen MR) is 209 cm³/mol. The molecule has 0 bridgehead atoms. The van der Waals surface area contributed by atoms with Crippen LogP contribution in [0.3, 0.4) is 0 Å². The Hall–Kier alpha value is -1.77. The van der Waals surface area contributed by atoms with Crippen LogP contribution in [0.15, 0.2) is 130 Å². The number of hydrogen-bond acceptors (Lipinski definition) is 11. The Morgan fingerprint density at radius 3 is 0.875 bits per heavy atom. The number of halogens is 2. The molecule has 0 amide bonds. The average Bonchev–Trinajstić information content (AvgIpc) is 3.01. The van der Waals surface area contributed by atoms with Crippen molar-refractivity contribution in [3.63, 3.8) is 0 Å². The van der Waals surface area contributed by atoms with E-state index in [0.29, 0.717) is 22.3 Å². The molecule has 248 valence electrons. The molecule has 4 aromatic rings. The Balaban J connectivity index is 1.71. The smallest absolute Gasteiger partial charge is 0.256 e. The van der Waals surface area contributed by atoms with E-state index < -0.39 is 17.1 Å². The van der Waals surface area contributed by atoms with Gasteiger partial charge in [-0.1, -0.05) is 48.5 Å². The van der Waals surface area contributed by atoms with Crippen molar-refractivity contribution >= 4 is 108 Å². The number of carbonyl (C=O) groups excluding carboxylic acids is 4. The van der Waals surface area contributed by atoms with Crippen molar-refractivity contribution in [3.8, 4) is 0 Å². The van der Waals surface area contributed by atoms with Gasteiger partial charge in [0.25, 0.3) is 5.91 Å². The first-order valence-electron chi connectivity index (χ1n) is 14.2. The molecule has 0 atom stereocenters. The lowest BCUT2D eigenvalue weighted by Crippen LogP contribution is -1.91. The van der Waals surface area contributed by atoms with Crippen molar-refractivity contribution in [2.24, 2.45) is 13.5 Å². The number of nitrogens with zero attached hydrogens (tertiary/aromatic N) is 3. The van der Waals surface area contributed by atoms with Gasteiger partial charge >= 0.3 is 0 Å². The van der Waals surface area contributed by atoms with Gasteiger partial charge in [0, 0.05) is 41.8 Å². The Morgan fingerprint density at radius 1 is 0.417 bits per heavy atom. The van der Waals surface area contributed by atoms with Gasteiger partial charge in [0.15, 0.2) is 23.1 Å². The van der Waals surface area contributed by atoms with Crippen molar-refractivity contribution in [2.75, 3.05) is 0 Å². The molecule has 0 unspecified atom stereocenters. The fourth-order valence-corrected chi connectivity index (χ4v) is 39.4. The summed E-state index contributed by atoms with van der Waals surface area (Å²) in [7, 11) is 0. The van der Waals surface area contributed by atoms with E-state index in [-0.39, 0.29) is 23.1 Å². The number of benzene rings is 4. The fraction of sp³-hybridized carbons (Fsp3) is 0.125. The third-order valence-electron chi connectivity index (χ3n) is 6.61. The van der Waals surface area contributed by atoms with E-state index in [1.807, 2.05) is 48.5 Å². The van der Waals surface area contributed by atoms with Gasteiger partial charge in [-0.2, -0.15) is 9.03 Å². The highest BCUT2D eigenvalue weighted by Gasteiger charge is 2.39. The van der Waals surface area contributed by atoms with E-state index >= 15 is 0 Å². The normalized spacial score (nSPS) is 15.7. The van der Waals surface area contributed by atoms with Crippen LogP contribution in [0.4, 0.5) is 0 Å². The molecule has 0 aliphatic carbocycles. The monoisotopic (exact) mass is 809 g/mol. The lowest BCUT2D eigenvalue weighted by Gasteiger charge is -2.30. The number of hydrogen-bond donors (Lipinski definition) is 0. The molecule has 7 nitrogen and oxygen atoms in total. The lowest BCUT2D eigenvalue weighted by molar-refractivity contribution is 0.100. The molecule has 1 heterocycles. The van der Waals surface area contributed by atoms with Crippen LogP contribution in [0.5, 0.6) is 0 Å². The predicted octanol–water partition coefficient (Wildman–Crippen LogP) is 14.3. The largest absolute Gasteiger partial charge is 0.295 e. The van der Waals surface area contributed by atoms with E-state index in [9.17, 15) is 19.2 Å². The summed E-state index contributed by atoms with van der Waals surface area (Å²) in [5.74, 6) is -3.50. The summed E-state index contributed by atoms with van der Waals surface area (Å²) in [6, 6.07) is 29.1. The molecule has 0 radical (unpaired) electrons. The lowest BCUT2D eigenvalue weighted by atomic mass is 10.2. The van der Waals surface area contributed by atoms with Gasteiger partial charge in [-0.15, -0.1) is 0 Å². The van der Waals surface area contributed by atoms with Crippen LogP contribution in [-0.4, -0.2) is 23.1 Å². The van der Waals surface area contributed by atoms with Gasteiger partial charge in [0.1, 0.15) is 0 Å². The zero-order chi connectivity index (χ0) is 34.7. The SMILES string of the molecule is CC(=O)c1ccc(SP2(Sc3ccc(C(C)=O)cc3)=NP(Cl)(Cl)=NP(Sc3ccc(C(C)=O)cc3)(Sc3ccc(C(C)=O)cc3)=N2)cc1. The van der Waals surface area contributed by atoms with E-state index in [4.69, 9.17) is 36.0 Å². The van der Waals surface area contributed by atoms with Crippen LogP contribution < -0.4 is 0 Å². The highest BCUT2D eigenvalue weighted by atomic mass is 35.9. The van der Waals surface area contributed by atoms with Gasteiger partial charge in [0.2, 0.25) is 11.2 Å². The van der Waals surface area contributed by atoms with Crippen LogP contribution in [0.25, 0.3) is 0 Å². The first-order chi connectivity index (χ1) is 22.7. The zero-order valence-electron chi connectivity index (χ0n) is 25.9. The van der Waals surface area contributed by atoms with Gasteiger partial charge < -0.3 is 0 Å². The standard InChI is InChI=1S/C32H28Cl2N3O4P3S4/c1-21(38)25-5-13-29(14-6-25)45-43(46-30-15-7-26(8-16-30)22(2)39)35-42(33,34)36-44(37-43,47-31-17-9-27(10-18-31)23(3)40)48-32-19-11-28(12-20-32)24(4)41/h5-20H,1-4H3. The maximum atomic E-state index is 12.0. The second-order valence-corrected chi connectivity index (χ2v) is 31.1. The van der Waals surface area contributed by atoms with Gasteiger partial charge in [-0.3, -0.25) is 19.2 Å². The number of rotatable bonds is 12. The van der Waals surface area contributed by atoms with Crippen molar-refractivity contribution in [1.29, 1.82) is 0 Å². The summed E-state index contributed by atoms with van der Waals surface area (Å²) >= 11 is 20.0.